The average Bonchev–Trinajstić information content (AvgIpc) is 3.51. The fourth-order valence-electron chi connectivity index (χ4n) is 7.41. The minimum absolute atomic E-state index is 0.131. The highest BCUT2D eigenvalue weighted by Gasteiger charge is 2.46. The molecule has 10 nitrogen and oxygen atoms in total. The van der Waals surface area contributed by atoms with Crippen LogP contribution < -0.4 is 11.1 Å². The third kappa shape index (κ3) is 7.71. The van der Waals surface area contributed by atoms with E-state index in [1.54, 1.807) is 20.8 Å². The number of nitrogens with two attached hydrogens (primary N) is 1. The summed E-state index contributed by atoms with van der Waals surface area (Å²) in [6.07, 6.45) is 3.28. The number of piperazine rings is 2. The van der Waals surface area contributed by atoms with Crippen LogP contribution in [0.2, 0.25) is 5.02 Å². The Morgan fingerprint density at radius 3 is 2.32 bits per heavy atom. The van der Waals surface area contributed by atoms with Crippen LogP contribution >= 0.6 is 11.6 Å². The normalized spacial score (nSPS) is 19.6. The van der Waals surface area contributed by atoms with Crippen molar-refractivity contribution in [3.63, 3.8) is 0 Å². The topological polar surface area (TPSA) is 132 Å². The molecule has 3 aromatic carbocycles. The lowest BCUT2D eigenvalue weighted by Gasteiger charge is -2.46. The van der Waals surface area contributed by atoms with E-state index in [1.165, 1.54) is 0 Å². The number of nitrogens with one attached hydrogen (secondary N) is 2. The molecule has 3 heterocycles. The van der Waals surface area contributed by atoms with E-state index in [2.05, 4.69) is 10.3 Å². The summed E-state index contributed by atoms with van der Waals surface area (Å²) in [4.78, 5) is 64.7. The number of hydrogen-bond donors (Lipinski definition) is 3. The van der Waals surface area contributed by atoms with E-state index >= 15 is 4.79 Å². The second-order valence-corrected chi connectivity index (χ2v) is 14.2. The van der Waals surface area contributed by atoms with Crippen LogP contribution in [0.15, 0.2) is 85.1 Å². The molecule has 2 fully saturated rings. The number of carbonyl (C=O) groups excluding carboxylic acids is 4. The highest BCUT2D eigenvalue weighted by Crippen LogP contribution is 2.27. The Morgan fingerprint density at radius 2 is 1.58 bits per heavy atom. The third-order valence-electron chi connectivity index (χ3n) is 9.88. The Morgan fingerprint density at radius 1 is 0.860 bits per heavy atom. The van der Waals surface area contributed by atoms with Gasteiger partial charge in [-0.15, -0.1) is 0 Å². The standard InChI is InChI=1S/C39H45ClN6O4/c1-25(2)19-33(36(41)47)45-17-18-46(34(38(45)49)22-26-9-4-3-5-10-26)39(50)35(23-28-24-43-31-14-7-6-13-30(28)31)44-16-15-42-32(37(44)48)21-27-11-8-12-29(40)20-27/h3-14,20,24-25,32-35,42-43H,15-19,21-23H2,1-2H3,(H2,41,47)/t32-,33?,34-,35?/m0/s1. The second kappa shape index (κ2) is 15.5. The minimum atomic E-state index is -0.876. The molecule has 50 heavy (non-hydrogen) atoms. The van der Waals surface area contributed by atoms with E-state index in [0.717, 1.165) is 27.6 Å². The number of aromatic amines is 1. The van der Waals surface area contributed by atoms with Gasteiger partial charge < -0.3 is 30.7 Å². The van der Waals surface area contributed by atoms with Crippen molar-refractivity contribution in [3.8, 4) is 0 Å². The summed E-state index contributed by atoms with van der Waals surface area (Å²) in [6.45, 7) is 5.19. The summed E-state index contributed by atoms with van der Waals surface area (Å²) in [7, 11) is 0. The predicted octanol–water partition coefficient (Wildman–Crippen LogP) is 3.96. The highest BCUT2D eigenvalue weighted by molar-refractivity contribution is 6.30. The Kier molecular flexibility index (Phi) is 10.9. The number of nitrogens with zero attached hydrogens (tertiary/aromatic N) is 3. The van der Waals surface area contributed by atoms with Gasteiger partial charge in [-0.05, 0) is 53.6 Å². The summed E-state index contributed by atoms with van der Waals surface area (Å²) in [6, 6.07) is 21.8. The molecule has 2 saturated heterocycles. The van der Waals surface area contributed by atoms with Crippen LogP contribution in [0, 0.1) is 5.92 Å². The molecule has 4 atom stereocenters. The summed E-state index contributed by atoms with van der Waals surface area (Å²) in [5.74, 6) is -1.20. The van der Waals surface area contributed by atoms with E-state index in [-0.39, 0.29) is 49.6 Å². The molecule has 4 N–H and O–H groups in total. The zero-order valence-electron chi connectivity index (χ0n) is 28.6. The van der Waals surface area contributed by atoms with Crippen molar-refractivity contribution in [1.29, 1.82) is 0 Å². The fourth-order valence-corrected chi connectivity index (χ4v) is 7.63. The Labute approximate surface area is 297 Å². The number of rotatable bonds is 12. The van der Waals surface area contributed by atoms with E-state index in [1.807, 2.05) is 92.8 Å². The predicted molar refractivity (Wildman–Crippen MR) is 194 cm³/mol. The van der Waals surface area contributed by atoms with Crippen molar-refractivity contribution in [3.05, 3.63) is 107 Å². The largest absolute Gasteiger partial charge is 0.368 e. The van der Waals surface area contributed by atoms with Crippen LogP contribution in [-0.4, -0.2) is 93.7 Å². The van der Waals surface area contributed by atoms with Crippen LogP contribution in [0.5, 0.6) is 0 Å². The summed E-state index contributed by atoms with van der Waals surface area (Å²) < 4.78 is 0. The molecular formula is C39H45ClN6O4. The van der Waals surface area contributed by atoms with Crippen molar-refractivity contribution < 1.29 is 19.2 Å². The SMILES string of the molecule is CC(C)CC(C(N)=O)N1CCN(C(=O)C(Cc2c[nH]c3ccccc23)N2CCN[C@@H](Cc3cccc(Cl)c3)C2=O)[C@@H](Cc2ccccc2)C1=O. The number of H-pyrrole nitrogens is 1. The van der Waals surface area contributed by atoms with Gasteiger partial charge in [0.25, 0.3) is 0 Å². The molecule has 4 amide bonds. The van der Waals surface area contributed by atoms with Gasteiger partial charge in [0.05, 0.1) is 6.04 Å². The van der Waals surface area contributed by atoms with Gasteiger partial charge >= 0.3 is 0 Å². The van der Waals surface area contributed by atoms with Gasteiger partial charge in [-0.1, -0.05) is 86.1 Å². The molecule has 2 aliphatic rings. The maximum Gasteiger partial charge on any atom is 0.246 e. The van der Waals surface area contributed by atoms with Crippen LogP contribution in [-0.2, 0) is 38.4 Å². The van der Waals surface area contributed by atoms with Crippen molar-refractivity contribution in [2.45, 2.75) is 63.7 Å². The number of benzene rings is 3. The fraction of sp³-hybridized carbons (Fsp3) is 0.385. The number of halogens is 1. The van der Waals surface area contributed by atoms with Crippen LogP contribution in [0.4, 0.5) is 0 Å². The number of carbonyl (C=O) groups is 4. The summed E-state index contributed by atoms with van der Waals surface area (Å²) in [5.41, 5.74) is 9.51. The molecule has 0 radical (unpaired) electrons. The van der Waals surface area contributed by atoms with Gasteiger partial charge in [-0.3, -0.25) is 19.2 Å². The lowest BCUT2D eigenvalue weighted by atomic mass is 9.94. The zero-order valence-corrected chi connectivity index (χ0v) is 29.3. The number of fused-ring (bicyclic) bond motifs is 1. The molecule has 1 aromatic heterocycles. The first-order chi connectivity index (χ1) is 24.1. The average molecular weight is 697 g/mol. The molecule has 262 valence electrons. The highest BCUT2D eigenvalue weighted by atomic mass is 35.5. The number of para-hydroxylation sites is 1. The van der Waals surface area contributed by atoms with Crippen molar-refractivity contribution >= 4 is 46.1 Å². The minimum Gasteiger partial charge on any atom is -0.368 e. The summed E-state index contributed by atoms with van der Waals surface area (Å²) in [5, 5.41) is 4.92. The molecule has 0 saturated carbocycles. The Bertz CT molecular complexity index is 1840. The monoisotopic (exact) mass is 696 g/mol. The van der Waals surface area contributed by atoms with Crippen molar-refractivity contribution in [2.75, 3.05) is 26.2 Å². The van der Waals surface area contributed by atoms with E-state index in [9.17, 15) is 14.4 Å². The van der Waals surface area contributed by atoms with Crippen molar-refractivity contribution in [2.24, 2.45) is 11.7 Å². The molecule has 2 unspecified atom stereocenters. The van der Waals surface area contributed by atoms with Gasteiger partial charge in [0.15, 0.2) is 0 Å². The molecule has 6 rings (SSSR count). The van der Waals surface area contributed by atoms with Gasteiger partial charge in [-0.2, -0.15) is 0 Å². The molecule has 4 aromatic rings. The number of aromatic nitrogens is 1. The van der Waals surface area contributed by atoms with Gasteiger partial charge in [-0.25, -0.2) is 0 Å². The summed E-state index contributed by atoms with van der Waals surface area (Å²) >= 11 is 6.26. The number of primary amides is 1. The van der Waals surface area contributed by atoms with E-state index in [0.29, 0.717) is 31.0 Å². The lowest BCUT2D eigenvalue weighted by Crippen LogP contribution is -2.67. The van der Waals surface area contributed by atoms with Gasteiger partial charge in [0.1, 0.15) is 18.1 Å². The molecule has 11 heteroatoms. The Hall–Kier alpha value is -4.67. The van der Waals surface area contributed by atoms with Crippen LogP contribution in [0.25, 0.3) is 10.9 Å². The quantitative estimate of drug-likeness (QED) is 0.207. The lowest BCUT2D eigenvalue weighted by molar-refractivity contribution is -0.160. The third-order valence-corrected chi connectivity index (χ3v) is 10.1. The van der Waals surface area contributed by atoms with Gasteiger partial charge in [0.2, 0.25) is 23.6 Å². The van der Waals surface area contributed by atoms with Gasteiger partial charge in [0, 0.05) is 61.1 Å². The molecule has 0 bridgehead atoms. The number of amides is 4. The zero-order chi connectivity index (χ0) is 35.4. The second-order valence-electron chi connectivity index (χ2n) is 13.8. The maximum absolute atomic E-state index is 15.1. The maximum atomic E-state index is 15.1. The molecule has 2 aliphatic heterocycles. The molecule has 0 spiro atoms. The number of hydrogen-bond acceptors (Lipinski definition) is 5. The van der Waals surface area contributed by atoms with Crippen LogP contribution in [0.1, 0.15) is 37.0 Å². The first kappa shape index (κ1) is 35.2. The molecule has 0 aliphatic carbocycles. The Balaban J connectivity index is 1.36. The van der Waals surface area contributed by atoms with E-state index in [4.69, 9.17) is 17.3 Å². The van der Waals surface area contributed by atoms with Crippen molar-refractivity contribution in [1.82, 2.24) is 25.0 Å². The molecular weight excluding hydrogens is 652 g/mol. The first-order valence-corrected chi connectivity index (χ1v) is 17.8. The first-order valence-electron chi connectivity index (χ1n) is 17.4. The van der Waals surface area contributed by atoms with E-state index < -0.39 is 30.1 Å². The smallest absolute Gasteiger partial charge is 0.246 e. The van der Waals surface area contributed by atoms with Crippen LogP contribution in [0.3, 0.4) is 0 Å².